The van der Waals surface area contributed by atoms with E-state index in [1.54, 1.807) is 18.1 Å². The summed E-state index contributed by atoms with van der Waals surface area (Å²) < 4.78 is 0. The summed E-state index contributed by atoms with van der Waals surface area (Å²) >= 11 is 3.27. The molecule has 2 aromatic heterocycles. The van der Waals surface area contributed by atoms with Crippen LogP contribution in [-0.2, 0) is 0 Å². The van der Waals surface area contributed by atoms with Gasteiger partial charge in [-0.1, -0.05) is 25.6 Å². The second-order valence-corrected chi connectivity index (χ2v) is 5.62. The highest BCUT2D eigenvalue weighted by molar-refractivity contribution is 8.00. The fourth-order valence-corrected chi connectivity index (χ4v) is 2.46. The van der Waals surface area contributed by atoms with Crippen molar-refractivity contribution in [3.63, 3.8) is 0 Å². The number of nitrogens with one attached hydrogen (secondary N) is 1. The van der Waals surface area contributed by atoms with Crippen molar-refractivity contribution in [2.75, 3.05) is 6.26 Å². The van der Waals surface area contributed by atoms with Gasteiger partial charge in [-0.25, -0.2) is 15.0 Å². The van der Waals surface area contributed by atoms with Gasteiger partial charge in [0.1, 0.15) is 10.5 Å². The molecule has 1 N–H and O–H groups in total. The van der Waals surface area contributed by atoms with E-state index in [1.807, 2.05) is 6.26 Å². The second kappa shape index (κ2) is 4.40. The molecule has 0 saturated carbocycles. The number of aromatic nitrogens is 4. The third kappa shape index (κ3) is 2.26. The Bertz CT molecular complexity index is 466. The molecule has 15 heavy (non-hydrogen) atoms. The van der Waals surface area contributed by atoms with Crippen molar-refractivity contribution in [1.29, 1.82) is 0 Å². The van der Waals surface area contributed by atoms with E-state index in [9.17, 15) is 0 Å². The Morgan fingerprint density at radius 2 is 2.13 bits per heavy atom. The first kappa shape index (κ1) is 10.8. The van der Waals surface area contributed by atoms with Crippen LogP contribution in [0.15, 0.2) is 16.5 Å². The van der Waals surface area contributed by atoms with Crippen molar-refractivity contribution < 1.29 is 0 Å². The number of imidazole rings is 1. The maximum Gasteiger partial charge on any atom is 0.190 e. The maximum atomic E-state index is 4.48. The Morgan fingerprint density at radius 1 is 1.33 bits per heavy atom. The first-order valence-corrected chi connectivity index (χ1v) is 6.73. The summed E-state index contributed by atoms with van der Waals surface area (Å²) in [7, 11) is 0. The van der Waals surface area contributed by atoms with Gasteiger partial charge in [-0.2, -0.15) is 0 Å². The summed E-state index contributed by atoms with van der Waals surface area (Å²) in [6.45, 7) is 4.29. The minimum Gasteiger partial charge on any atom is -0.341 e. The van der Waals surface area contributed by atoms with Crippen molar-refractivity contribution in [3.8, 4) is 0 Å². The fourth-order valence-electron chi connectivity index (χ4n) is 1.19. The molecule has 0 fully saturated rings. The monoisotopic (exact) mass is 240 g/mol. The molecule has 0 spiro atoms. The topological polar surface area (TPSA) is 54.5 Å². The van der Waals surface area contributed by atoms with Gasteiger partial charge in [0.2, 0.25) is 0 Å². The van der Waals surface area contributed by atoms with Crippen LogP contribution in [0.25, 0.3) is 11.2 Å². The molecule has 4 nitrogen and oxygen atoms in total. The number of aromatic amines is 1. The summed E-state index contributed by atoms with van der Waals surface area (Å²) in [5, 5.41) is 2.26. The smallest absolute Gasteiger partial charge is 0.190 e. The highest BCUT2D eigenvalue weighted by Crippen LogP contribution is 2.27. The van der Waals surface area contributed by atoms with E-state index in [4.69, 9.17) is 0 Å². The summed E-state index contributed by atoms with van der Waals surface area (Å²) in [5.74, 6) is 0. The lowest BCUT2D eigenvalue weighted by atomic mass is 10.6. The quantitative estimate of drug-likeness (QED) is 0.507. The predicted octanol–water partition coefficient (Wildman–Crippen LogP) is 2.58. The van der Waals surface area contributed by atoms with E-state index in [1.165, 1.54) is 11.8 Å². The number of nitrogens with zero attached hydrogens (tertiary/aromatic N) is 3. The SMILES string of the molecule is CSc1nc(SC(C)C)c2[nH]cnc2n1. The average Bonchev–Trinajstić information content (AvgIpc) is 2.64. The molecule has 0 unspecified atom stereocenters. The first-order chi connectivity index (χ1) is 7.20. The third-order valence-corrected chi connectivity index (χ3v) is 3.30. The minimum atomic E-state index is 0.501. The summed E-state index contributed by atoms with van der Waals surface area (Å²) in [6, 6.07) is 0. The van der Waals surface area contributed by atoms with Gasteiger partial charge in [0.05, 0.1) is 6.33 Å². The van der Waals surface area contributed by atoms with Crippen molar-refractivity contribution in [2.24, 2.45) is 0 Å². The Balaban J connectivity index is 2.53. The zero-order chi connectivity index (χ0) is 10.8. The normalized spacial score (nSPS) is 11.5. The molecule has 0 atom stereocenters. The lowest BCUT2D eigenvalue weighted by Crippen LogP contribution is -1.94. The van der Waals surface area contributed by atoms with Crippen LogP contribution in [0.2, 0.25) is 0 Å². The van der Waals surface area contributed by atoms with Crippen LogP contribution in [0.1, 0.15) is 13.8 Å². The molecule has 2 rings (SSSR count). The van der Waals surface area contributed by atoms with Crippen molar-refractivity contribution >= 4 is 34.7 Å². The van der Waals surface area contributed by atoms with Crippen molar-refractivity contribution in [1.82, 2.24) is 19.9 Å². The van der Waals surface area contributed by atoms with E-state index in [0.717, 1.165) is 21.3 Å². The molecule has 0 aliphatic rings. The minimum absolute atomic E-state index is 0.501. The van der Waals surface area contributed by atoms with Crippen LogP contribution < -0.4 is 0 Å². The molecule has 80 valence electrons. The Morgan fingerprint density at radius 3 is 2.80 bits per heavy atom. The molecule has 2 heterocycles. The highest BCUT2D eigenvalue weighted by Gasteiger charge is 2.11. The van der Waals surface area contributed by atoms with Crippen molar-refractivity contribution in [3.05, 3.63) is 6.33 Å². The number of hydrogen-bond acceptors (Lipinski definition) is 5. The van der Waals surface area contributed by atoms with Gasteiger partial charge >= 0.3 is 0 Å². The lowest BCUT2D eigenvalue weighted by Gasteiger charge is -2.05. The van der Waals surface area contributed by atoms with Gasteiger partial charge in [-0.15, -0.1) is 11.8 Å². The molecule has 6 heteroatoms. The van der Waals surface area contributed by atoms with Gasteiger partial charge in [0.25, 0.3) is 0 Å². The Hall–Kier alpha value is -0.750. The molecule has 0 radical (unpaired) electrons. The number of fused-ring (bicyclic) bond motifs is 1. The number of rotatable bonds is 3. The number of thioether (sulfide) groups is 2. The van der Waals surface area contributed by atoms with Crippen LogP contribution >= 0.6 is 23.5 Å². The maximum absolute atomic E-state index is 4.48. The molecular formula is C9H12N4S2. The standard InChI is InChI=1S/C9H12N4S2/c1-5(2)15-8-6-7(11-4-10-6)12-9(13-8)14-3/h4-5H,1-3H3,(H,10,11,12,13). The van der Waals surface area contributed by atoms with Gasteiger partial charge in [0.15, 0.2) is 10.8 Å². The predicted molar refractivity (Wildman–Crippen MR) is 64.5 cm³/mol. The van der Waals surface area contributed by atoms with Crippen LogP contribution in [0.3, 0.4) is 0 Å². The van der Waals surface area contributed by atoms with E-state index in [2.05, 4.69) is 33.8 Å². The zero-order valence-corrected chi connectivity index (χ0v) is 10.4. The summed E-state index contributed by atoms with van der Waals surface area (Å²) in [6.07, 6.45) is 3.63. The Kier molecular flexibility index (Phi) is 3.16. The average molecular weight is 240 g/mol. The largest absolute Gasteiger partial charge is 0.341 e. The molecule has 0 aliphatic heterocycles. The third-order valence-electron chi connectivity index (χ3n) is 1.76. The van der Waals surface area contributed by atoms with Gasteiger partial charge in [0, 0.05) is 5.25 Å². The fraction of sp³-hybridized carbons (Fsp3) is 0.444. The van der Waals surface area contributed by atoms with Crippen LogP contribution in [0.4, 0.5) is 0 Å². The summed E-state index contributed by atoms with van der Waals surface area (Å²) in [5.41, 5.74) is 1.68. The van der Waals surface area contributed by atoms with Crippen LogP contribution in [0.5, 0.6) is 0 Å². The van der Waals surface area contributed by atoms with Gasteiger partial charge < -0.3 is 4.98 Å². The number of H-pyrrole nitrogens is 1. The van der Waals surface area contributed by atoms with E-state index in [-0.39, 0.29) is 0 Å². The lowest BCUT2D eigenvalue weighted by molar-refractivity contribution is 0.920. The molecule has 0 saturated heterocycles. The van der Waals surface area contributed by atoms with Crippen molar-refractivity contribution in [2.45, 2.75) is 29.3 Å². The van der Waals surface area contributed by atoms with E-state index >= 15 is 0 Å². The molecule has 0 bridgehead atoms. The molecule has 2 aromatic rings. The first-order valence-electron chi connectivity index (χ1n) is 4.62. The van der Waals surface area contributed by atoms with E-state index < -0.39 is 0 Å². The highest BCUT2D eigenvalue weighted by atomic mass is 32.2. The van der Waals surface area contributed by atoms with Gasteiger partial charge in [-0.05, 0) is 6.26 Å². The number of hydrogen-bond donors (Lipinski definition) is 1. The molecule has 0 aromatic carbocycles. The summed E-state index contributed by atoms with van der Waals surface area (Å²) in [4.78, 5) is 16.0. The van der Waals surface area contributed by atoms with Gasteiger partial charge in [-0.3, -0.25) is 0 Å². The van der Waals surface area contributed by atoms with E-state index in [0.29, 0.717) is 5.25 Å². The Labute approximate surface area is 96.7 Å². The molecule has 0 aliphatic carbocycles. The van der Waals surface area contributed by atoms with Crippen LogP contribution in [-0.4, -0.2) is 31.4 Å². The second-order valence-electron chi connectivity index (χ2n) is 3.28. The van der Waals surface area contributed by atoms with Crippen LogP contribution in [0, 0.1) is 0 Å². The zero-order valence-electron chi connectivity index (χ0n) is 8.81. The molecular weight excluding hydrogens is 228 g/mol. The molecule has 0 amide bonds.